The summed E-state index contributed by atoms with van der Waals surface area (Å²) in [6.07, 6.45) is 11.4. The van der Waals surface area contributed by atoms with Crippen LogP contribution in [0.4, 0.5) is 0 Å². The average molecular weight is 314 g/mol. The van der Waals surface area contributed by atoms with Gasteiger partial charge < -0.3 is 0 Å². The quantitative estimate of drug-likeness (QED) is 0.443. The standard InChI is InChI=1S/C24H26/c1-2-3-13-22-20-15-8-7-14-19(20)21-16-9-10-17-23(21)24(22)18-11-5-4-6-12-18/h7-11,14-17H,2-6,12-13H2,1H3. The van der Waals surface area contributed by atoms with Crippen LogP contribution in [0.1, 0.15) is 56.6 Å². The first kappa shape index (κ1) is 15.4. The molecule has 0 heterocycles. The van der Waals surface area contributed by atoms with E-state index in [0.717, 1.165) is 0 Å². The van der Waals surface area contributed by atoms with Crippen LogP contribution in [0.3, 0.4) is 0 Å². The van der Waals surface area contributed by atoms with E-state index in [4.69, 9.17) is 0 Å². The number of benzene rings is 3. The van der Waals surface area contributed by atoms with Crippen molar-refractivity contribution < 1.29 is 0 Å². The predicted octanol–water partition coefficient (Wildman–Crippen LogP) is 7.29. The van der Waals surface area contributed by atoms with Crippen molar-refractivity contribution >= 4 is 27.1 Å². The van der Waals surface area contributed by atoms with Gasteiger partial charge in [-0.05, 0) is 76.8 Å². The molecule has 0 atom stereocenters. The summed E-state index contributed by atoms with van der Waals surface area (Å²) in [4.78, 5) is 0. The third kappa shape index (κ3) is 2.65. The number of rotatable bonds is 4. The maximum Gasteiger partial charge on any atom is -0.00991 e. The third-order valence-electron chi connectivity index (χ3n) is 5.43. The summed E-state index contributed by atoms with van der Waals surface area (Å²) in [6.45, 7) is 2.29. The van der Waals surface area contributed by atoms with E-state index in [1.165, 1.54) is 66.5 Å². The van der Waals surface area contributed by atoms with Gasteiger partial charge in [0.2, 0.25) is 0 Å². The average Bonchev–Trinajstić information content (AvgIpc) is 2.66. The molecule has 1 aliphatic rings. The second kappa shape index (κ2) is 6.81. The summed E-state index contributed by atoms with van der Waals surface area (Å²) in [5, 5.41) is 5.75. The number of fused-ring (bicyclic) bond motifs is 3. The van der Waals surface area contributed by atoms with Crippen LogP contribution >= 0.6 is 0 Å². The van der Waals surface area contributed by atoms with Crippen molar-refractivity contribution in [2.45, 2.75) is 51.9 Å². The van der Waals surface area contributed by atoms with Crippen LogP contribution in [0.2, 0.25) is 0 Å². The largest absolute Gasteiger partial charge is 0.0807 e. The minimum atomic E-state index is 1.19. The molecule has 0 radical (unpaired) electrons. The molecule has 0 spiro atoms. The summed E-state index contributed by atoms with van der Waals surface area (Å²) < 4.78 is 0. The van der Waals surface area contributed by atoms with Crippen LogP contribution in [-0.4, -0.2) is 0 Å². The maximum absolute atomic E-state index is 2.51. The molecular weight excluding hydrogens is 288 g/mol. The molecule has 3 aromatic rings. The first-order chi connectivity index (χ1) is 11.9. The lowest BCUT2D eigenvalue weighted by Gasteiger charge is -2.22. The van der Waals surface area contributed by atoms with E-state index >= 15 is 0 Å². The van der Waals surface area contributed by atoms with Crippen LogP contribution in [0.15, 0.2) is 54.6 Å². The zero-order chi connectivity index (χ0) is 16.4. The molecule has 3 aromatic carbocycles. The van der Waals surface area contributed by atoms with Crippen molar-refractivity contribution in [3.8, 4) is 0 Å². The van der Waals surface area contributed by atoms with Crippen LogP contribution in [0.5, 0.6) is 0 Å². The molecule has 0 saturated carbocycles. The van der Waals surface area contributed by atoms with E-state index in [1.807, 2.05) is 0 Å². The fourth-order valence-electron chi connectivity index (χ4n) is 4.26. The number of unbranched alkanes of at least 4 members (excludes halogenated alkanes) is 1. The van der Waals surface area contributed by atoms with Crippen molar-refractivity contribution in [2.24, 2.45) is 0 Å². The smallest absolute Gasteiger partial charge is 0.00991 e. The lowest BCUT2D eigenvalue weighted by atomic mass is 9.83. The number of aryl methyl sites for hydroxylation is 1. The van der Waals surface area contributed by atoms with Gasteiger partial charge in [0, 0.05) is 0 Å². The van der Waals surface area contributed by atoms with Crippen LogP contribution in [-0.2, 0) is 6.42 Å². The molecule has 1 aliphatic carbocycles. The predicted molar refractivity (Wildman–Crippen MR) is 107 cm³/mol. The van der Waals surface area contributed by atoms with Crippen molar-refractivity contribution in [3.63, 3.8) is 0 Å². The van der Waals surface area contributed by atoms with E-state index in [0.29, 0.717) is 0 Å². The molecule has 0 fully saturated rings. The maximum atomic E-state index is 2.51. The molecular formula is C24H26. The fourth-order valence-corrected chi connectivity index (χ4v) is 4.26. The molecule has 0 N–H and O–H groups in total. The lowest BCUT2D eigenvalue weighted by molar-refractivity contribution is 0.740. The van der Waals surface area contributed by atoms with Gasteiger partial charge in [0.1, 0.15) is 0 Å². The Bertz CT molecular complexity index is 898. The van der Waals surface area contributed by atoms with E-state index in [-0.39, 0.29) is 0 Å². The van der Waals surface area contributed by atoms with Gasteiger partial charge >= 0.3 is 0 Å². The second-order valence-corrected chi connectivity index (χ2v) is 7.02. The lowest BCUT2D eigenvalue weighted by Crippen LogP contribution is -2.01. The van der Waals surface area contributed by atoms with Crippen LogP contribution in [0.25, 0.3) is 27.1 Å². The summed E-state index contributed by atoms with van der Waals surface area (Å²) in [6, 6.07) is 18.0. The molecule has 0 aliphatic heterocycles. The normalized spacial score (nSPS) is 15.0. The first-order valence-electron chi connectivity index (χ1n) is 9.52. The van der Waals surface area contributed by atoms with Crippen molar-refractivity contribution in [2.75, 3.05) is 0 Å². The summed E-state index contributed by atoms with van der Waals surface area (Å²) in [7, 11) is 0. The van der Waals surface area contributed by atoms with E-state index in [9.17, 15) is 0 Å². The van der Waals surface area contributed by atoms with Gasteiger partial charge in [0.15, 0.2) is 0 Å². The highest BCUT2D eigenvalue weighted by atomic mass is 14.2. The van der Waals surface area contributed by atoms with E-state index in [1.54, 1.807) is 16.7 Å². The van der Waals surface area contributed by atoms with Gasteiger partial charge in [-0.25, -0.2) is 0 Å². The highest BCUT2D eigenvalue weighted by Crippen LogP contribution is 2.40. The molecule has 0 nitrogen and oxygen atoms in total. The summed E-state index contributed by atoms with van der Waals surface area (Å²) in [5.41, 5.74) is 4.73. The Kier molecular flexibility index (Phi) is 4.38. The Balaban J connectivity index is 2.10. The van der Waals surface area contributed by atoms with Crippen LogP contribution < -0.4 is 0 Å². The van der Waals surface area contributed by atoms with Gasteiger partial charge in [-0.3, -0.25) is 0 Å². The third-order valence-corrected chi connectivity index (χ3v) is 5.43. The topological polar surface area (TPSA) is 0 Å². The Morgan fingerprint density at radius 2 is 1.46 bits per heavy atom. The Morgan fingerprint density at radius 1 is 0.792 bits per heavy atom. The van der Waals surface area contributed by atoms with E-state index < -0.39 is 0 Å². The number of hydrogen-bond acceptors (Lipinski definition) is 0. The van der Waals surface area contributed by atoms with Crippen molar-refractivity contribution in [3.05, 3.63) is 65.7 Å². The first-order valence-corrected chi connectivity index (χ1v) is 9.52. The molecule has 0 heteroatoms. The Labute approximate surface area is 145 Å². The Hall–Kier alpha value is -2.08. The SMILES string of the molecule is CCCCc1c(C2=CCCCC2)c2ccccc2c2ccccc12. The summed E-state index contributed by atoms with van der Waals surface area (Å²) >= 11 is 0. The van der Waals surface area contributed by atoms with Gasteiger partial charge in [-0.2, -0.15) is 0 Å². The molecule has 0 amide bonds. The minimum Gasteiger partial charge on any atom is -0.0807 e. The summed E-state index contributed by atoms with van der Waals surface area (Å²) in [5.74, 6) is 0. The fraction of sp³-hybridized carbons (Fsp3) is 0.333. The zero-order valence-electron chi connectivity index (χ0n) is 14.6. The minimum absolute atomic E-state index is 1.19. The molecule has 0 aromatic heterocycles. The number of allylic oxidation sites excluding steroid dienone is 2. The molecule has 0 bridgehead atoms. The van der Waals surface area contributed by atoms with Gasteiger partial charge in [0.05, 0.1) is 0 Å². The Morgan fingerprint density at radius 3 is 2.12 bits per heavy atom. The molecule has 0 unspecified atom stereocenters. The molecule has 24 heavy (non-hydrogen) atoms. The zero-order valence-corrected chi connectivity index (χ0v) is 14.6. The van der Waals surface area contributed by atoms with Gasteiger partial charge in [-0.1, -0.05) is 68.0 Å². The second-order valence-electron chi connectivity index (χ2n) is 7.02. The van der Waals surface area contributed by atoms with Crippen molar-refractivity contribution in [1.82, 2.24) is 0 Å². The van der Waals surface area contributed by atoms with Gasteiger partial charge in [-0.15, -0.1) is 0 Å². The van der Waals surface area contributed by atoms with Crippen LogP contribution in [0, 0.1) is 0 Å². The molecule has 122 valence electrons. The monoisotopic (exact) mass is 314 g/mol. The van der Waals surface area contributed by atoms with Crippen molar-refractivity contribution in [1.29, 1.82) is 0 Å². The van der Waals surface area contributed by atoms with E-state index in [2.05, 4.69) is 61.5 Å². The highest BCUT2D eigenvalue weighted by Gasteiger charge is 2.17. The number of hydrogen-bond donors (Lipinski definition) is 0. The molecule has 4 rings (SSSR count). The highest BCUT2D eigenvalue weighted by molar-refractivity contribution is 6.13. The molecule has 0 saturated heterocycles. The van der Waals surface area contributed by atoms with Gasteiger partial charge in [0.25, 0.3) is 0 Å².